The van der Waals surface area contributed by atoms with Crippen molar-refractivity contribution < 1.29 is 14.7 Å². The summed E-state index contributed by atoms with van der Waals surface area (Å²) < 4.78 is 0. The molecule has 0 heterocycles. The molecule has 0 unspecified atom stereocenters. The van der Waals surface area contributed by atoms with Gasteiger partial charge in [-0.15, -0.1) is 0 Å². The highest BCUT2D eigenvalue weighted by Crippen LogP contribution is 2.12. The number of carbonyl (C=O) groups excluding carboxylic acids is 1. The number of nitrogens with one attached hydrogen (secondary N) is 1. The van der Waals surface area contributed by atoms with Crippen molar-refractivity contribution in [1.29, 1.82) is 0 Å². The van der Waals surface area contributed by atoms with Gasteiger partial charge in [-0.05, 0) is 42.3 Å². The molecule has 0 aliphatic rings. The van der Waals surface area contributed by atoms with E-state index in [0.717, 1.165) is 11.1 Å². The van der Waals surface area contributed by atoms with Gasteiger partial charge >= 0.3 is 5.97 Å². The Morgan fingerprint density at radius 1 is 1.14 bits per heavy atom. The average molecular weight is 318 g/mol. The monoisotopic (exact) mass is 317 g/mol. The molecular formula is C17H16ClNO3. The molecule has 1 atom stereocenters. The second kappa shape index (κ2) is 7.09. The van der Waals surface area contributed by atoms with Crippen molar-refractivity contribution in [3.63, 3.8) is 0 Å². The molecule has 0 aliphatic heterocycles. The van der Waals surface area contributed by atoms with Gasteiger partial charge in [-0.2, -0.15) is 0 Å². The van der Waals surface area contributed by atoms with Crippen LogP contribution in [-0.2, 0) is 11.2 Å². The average Bonchev–Trinajstić information content (AvgIpc) is 2.49. The van der Waals surface area contributed by atoms with E-state index in [4.69, 9.17) is 11.6 Å². The lowest BCUT2D eigenvalue weighted by atomic mass is 10.0. The van der Waals surface area contributed by atoms with Gasteiger partial charge in [-0.3, -0.25) is 4.79 Å². The molecule has 0 aromatic heterocycles. The number of amides is 1. The second-order valence-corrected chi connectivity index (χ2v) is 5.44. The minimum atomic E-state index is -1.06. The van der Waals surface area contributed by atoms with Crippen LogP contribution in [0.4, 0.5) is 0 Å². The molecule has 2 aromatic carbocycles. The Hall–Kier alpha value is -2.33. The van der Waals surface area contributed by atoms with E-state index in [1.54, 1.807) is 24.3 Å². The molecule has 2 aromatic rings. The van der Waals surface area contributed by atoms with Gasteiger partial charge in [0.1, 0.15) is 6.04 Å². The van der Waals surface area contributed by atoms with Gasteiger partial charge in [-0.25, -0.2) is 4.79 Å². The maximum Gasteiger partial charge on any atom is 0.326 e. The van der Waals surface area contributed by atoms with Gasteiger partial charge in [0, 0.05) is 17.0 Å². The molecule has 22 heavy (non-hydrogen) atoms. The fourth-order valence-electron chi connectivity index (χ4n) is 2.10. The molecule has 0 aliphatic carbocycles. The van der Waals surface area contributed by atoms with Crippen molar-refractivity contribution in [1.82, 2.24) is 5.32 Å². The zero-order valence-electron chi connectivity index (χ0n) is 12.0. The minimum Gasteiger partial charge on any atom is -0.480 e. The fourth-order valence-corrected chi connectivity index (χ4v) is 2.23. The van der Waals surface area contributed by atoms with Crippen molar-refractivity contribution in [2.75, 3.05) is 0 Å². The molecule has 1 amide bonds. The van der Waals surface area contributed by atoms with Crippen molar-refractivity contribution >= 4 is 23.5 Å². The molecule has 0 saturated heterocycles. The normalized spacial score (nSPS) is 11.7. The highest BCUT2D eigenvalue weighted by Gasteiger charge is 2.21. The van der Waals surface area contributed by atoms with Gasteiger partial charge in [0.15, 0.2) is 0 Å². The van der Waals surface area contributed by atoms with E-state index in [2.05, 4.69) is 5.32 Å². The number of aliphatic carboxylic acids is 1. The van der Waals surface area contributed by atoms with Crippen LogP contribution in [0.5, 0.6) is 0 Å². The molecule has 5 heteroatoms. The van der Waals surface area contributed by atoms with Crippen molar-refractivity contribution in [2.45, 2.75) is 19.4 Å². The van der Waals surface area contributed by atoms with Crippen LogP contribution >= 0.6 is 11.6 Å². The highest BCUT2D eigenvalue weighted by atomic mass is 35.5. The summed E-state index contributed by atoms with van der Waals surface area (Å²) >= 11 is 5.77. The van der Waals surface area contributed by atoms with Crippen LogP contribution in [-0.4, -0.2) is 23.0 Å². The Labute approximate surface area is 133 Å². The number of carbonyl (C=O) groups is 2. The molecule has 0 fully saturated rings. The van der Waals surface area contributed by atoms with Crippen LogP contribution in [0.25, 0.3) is 0 Å². The number of halogens is 1. The van der Waals surface area contributed by atoms with E-state index in [0.29, 0.717) is 10.6 Å². The predicted molar refractivity (Wildman–Crippen MR) is 85.2 cm³/mol. The van der Waals surface area contributed by atoms with Gasteiger partial charge in [0.25, 0.3) is 5.91 Å². The summed E-state index contributed by atoms with van der Waals surface area (Å²) in [6.07, 6.45) is 0.237. The lowest BCUT2D eigenvalue weighted by Gasteiger charge is -2.16. The number of hydrogen-bond donors (Lipinski definition) is 2. The van der Waals surface area contributed by atoms with Gasteiger partial charge in [0.2, 0.25) is 0 Å². The first kappa shape index (κ1) is 16.0. The zero-order chi connectivity index (χ0) is 16.1. The van der Waals surface area contributed by atoms with E-state index in [-0.39, 0.29) is 6.42 Å². The SMILES string of the molecule is Cc1ccccc1C[C@@H](NC(=O)c1ccc(Cl)cc1)C(=O)O. The molecule has 2 N–H and O–H groups in total. The standard InChI is InChI=1S/C17H16ClNO3/c1-11-4-2-3-5-13(11)10-15(17(21)22)19-16(20)12-6-8-14(18)9-7-12/h2-9,15H,10H2,1H3,(H,19,20)(H,21,22)/t15-/m1/s1. The van der Waals surface area contributed by atoms with E-state index in [9.17, 15) is 14.7 Å². The summed E-state index contributed by atoms with van der Waals surface area (Å²) in [6.45, 7) is 1.91. The third-order valence-corrected chi connectivity index (χ3v) is 3.65. The molecule has 114 valence electrons. The second-order valence-electron chi connectivity index (χ2n) is 5.00. The lowest BCUT2D eigenvalue weighted by Crippen LogP contribution is -2.42. The Kier molecular flexibility index (Phi) is 5.17. The van der Waals surface area contributed by atoms with Crippen LogP contribution in [0.15, 0.2) is 48.5 Å². The third-order valence-electron chi connectivity index (χ3n) is 3.40. The Morgan fingerprint density at radius 2 is 1.77 bits per heavy atom. The molecule has 0 radical (unpaired) electrons. The third kappa shape index (κ3) is 4.09. The summed E-state index contributed by atoms with van der Waals surface area (Å²) in [5.74, 6) is -1.50. The number of rotatable bonds is 5. The first-order valence-corrected chi connectivity index (χ1v) is 7.19. The Morgan fingerprint density at radius 3 is 2.36 bits per heavy atom. The number of benzene rings is 2. The van der Waals surface area contributed by atoms with Crippen LogP contribution in [0.3, 0.4) is 0 Å². The van der Waals surface area contributed by atoms with Crippen LogP contribution in [0, 0.1) is 6.92 Å². The number of carboxylic acid groups (broad SMARTS) is 1. The topological polar surface area (TPSA) is 66.4 Å². The Bertz CT molecular complexity index is 683. The molecule has 2 rings (SSSR count). The largest absolute Gasteiger partial charge is 0.480 e. The number of aryl methyl sites for hydroxylation is 1. The first-order valence-electron chi connectivity index (χ1n) is 6.81. The molecule has 0 spiro atoms. The van der Waals surface area contributed by atoms with Crippen molar-refractivity contribution in [3.8, 4) is 0 Å². The lowest BCUT2D eigenvalue weighted by molar-refractivity contribution is -0.139. The minimum absolute atomic E-state index is 0.237. The van der Waals surface area contributed by atoms with E-state index in [1.807, 2.05) is 31.2 Å². The van der Waals surface area contributed by atoms with E-state index in [1.165, 1.54) is 0 Å². The smallest absolute Gasteiger partial charge is 0.326 e. The summed E-state index contributed by atoms with van der Waals surface area (Å²) in [6, 6.07) is 12.8. The Balaban J connectivity index is 2.12. The molecule has 0 saturated carbocycles. The van der Waals surface area contributed by atoms with Crippen molar-refractivity contribution in [3.05, 3.63) is 70.2 Å². The first-order chi connectivity index (χ1) is 10.5. The zero-order valence-corrected chi connectivity index (χ0v) is 12.8. The van der Waals surface area contributed by atoms with Crippen LogP contribution in [0.1, 0.15) is 21.5 Å². The van der Waals surface area contributed by atoms with Crippen molar-refractivity contribution in [2.24, 2.45) is 0 Å². The van der Waals surface area contributed by atoms with E-state index >= 15 is 0 Å². The van der Waals surface area contributed by atoms with Gasteiger partial charge < -0.3 is 10.4 Å². The van der Waals surface area contributed by atoms with Gasteiger partial charge in [-0.1, -0.05) is 35.9 Å². The summed E-state index contributed by atoms with van der Waals surface area (Å²) in [5.41, 5.74) is 2.27. The van der Waals surface area contributed by atoms with Crippen LogP contribution < -0.4 is 5.32 Å². The van der Waals surface area contributed by atoms with Gasteiger partial charge in [0.05, 0.1) is 0 Å². The molecular weight excluding hydrogens is 302 g/mol. The number of hydrogen-bond acceptors (Lipinski definition) is 2. The maximum atomic E-state index is 12.1. The summed E-state index contributed by atoms with van der Waals surface area (Å²) in [4.78, 5) is 23.5. The predicted octanol–water partition coefficient (Wildman–Crippen LogP) is 3.07. The molecule has 0 bridgehead atoms. The maximum absolute atomic E-state index is 12.1. The van der Waals surface area contributed by atoms with Crippen LogP contribution in [0.2, 0.25) is 5.02 Å². The fraction of sp³-hybridized carbons (Fsp3) is 0.176. The quantitative estimate of drug-likeness (QED) is 0.890. The summed E-state index contributed by atoms with van der Waals surface area (Å²) in [7, 11) is 0. The van der Waals surface area contributed by atoms with E-state index < -0.39 is 17.9 Å². The number of carboxylic acids is 1. The highest BCUT2D eigenvalue weighted by molar-refractivity contribution is 6.30. The summed E-state index contributed by atoms with van der Waals surface area (Å²) in [5, 5.41) is 12.4. The molecule has 4 nitrogen and oxygen atoms in total.